The Morgan fingerprint density at radius 1 is 1.56 bits per heavy atom. The lowest BCUT2D eigenvalue weighted by atomic mass is 10.1. The van der Waals surface area contributed by atoms with Gasteiger partial charge in [0, 0.05) is 12.7 Å². The molecule has 0 unspecified atom stereocenters. The Kier molecular flexibility index (Phi) is 5.38. The molecule has 0 amide bonds. The maximum atomic E-state index is 10.9. The van der Waals surface area contributed by atoms with E-state index in [0.717, 1.165) is 0 Å². The number of carbonyl (C=O) groups excluding carboxylic acids is 1. The summed E-state index contributed by atoms with van der Waals surface area (Å²) in [7, 11) is 0. The van der Waals surface area contributed by atoms with E-state index in [9.17, 15) is 14.9 Å². The number of hydrogen-bond donors (Lipinski definition) is 1. The van der Waals surface area contributed by atoms with E-state index in [4.69, 9.17) is 5.73 Å². The SMILES string of the molecule is CC(=O)SCCC=Cc1cccc(N)c1[N+](=O)[O-]. The molecule has 0 spiro atoms. The monoisotopic (exact) mass is 266 g/mol. The van der Waals surface area contributed by atoms with Crippen LogP contribution in [0.15, 0.2) is 24.3 Å². The molecule has 0 aliphatic heterocycles. The van der Waals surface area contributed by atoms with Crippen molar-refractivity contribution >= 4 is 34.3 Å². The van der Waals surface area contributed by atoms with E-state index in [2.05, 4.69) is 0 Å². The molecule has 0 aliphatic carbocycles. The van der Waals surface area contributed by atoms with Crippen molar-refractivity contribution < 1.29 is 9.72 Å². The third kappa shape index (κ3) is 4.21. The summed E-state index contributed by atoms with van der Waals surface area (Å²) in [6.45, 7) is 1.51. The first kappa shape index (κ1) is 14.2. The lowest BCUT2D eigenvalue weighted by Gasteiger charge is -2.00. The first-order chi connectivity index (χ1) is 8.52. The van der Waals surface area contributed by atoms with Crippen molar-refractivity contribution in [2.75, 3.05) is 11.5 Å². The maximum absolute atomic E-state index is 10.9. The van der Waals surface area contributed by atoms with Crippen LogP contribution in [0.2, 0.25) is 0 Å². The van der Waals surface area contributed by atoms with Crippen molar-refractivity contribution in [2.45, 2.75) is 13.3 Å². The van der Waals surface area contributed by atoms with Crippen LogP contribution < -0.4 is 5.73 Å². The van der Waals surface area contributed by atoms with Crippen LogP contribution in [0.4, 0.5) is 11.4 Å². The molecule has 0 atom stereocenters. The fourth-order valence-electron chi connectivity index (χ4n) is 1.41. The number of nitrogen functional groups attached to an aromatic ring is 1. The molecule has 0 bridgehead atoms. The Balaban J connectivity index is 2.72. The van der Waals surface area contributed by atoms with E-state index in [1.165, 1.54) is 24.8 Å². The maximum Gasteiger partial charge on any atom is 0.299 e. The van der Waals surface area contributed by atoms with Gasteiger partial charge in [-0.25, -0.2) is 0 Å². The number of allylic oxidation sites excluding steroid dienone is 1. The van der Waals surface area contributed by atoms with Gasteiger partial charge in [-0.3, -0.25) is 14.9 Å². The summed E-state index contributed by atoms with van der Waals surface area (Å²) in [5, 5.41) is 10.9. The highest BCUT2D eigenvalue weighted by molar-refractivity contribution is 8.13. The molecule has 2 N–H and O–H groups in total. The van der Waals surface area contributed by atoms with Gasteiger partial charge in [-0.1, -0.05) is 30.0 Å². The number of para-hydroxylation sites is 1. The number of nitro groups is 1. The highest BCUT2D eigenvalue weighted by atomic mass is 32.2. The minimum atomic E-state index is -0.487. The number of anilines is 1. The number of hydrogen-bond acceptors (Lipinski definition) is 5. The molecule has 1 rings (SSSR count). The number of rotatable bonds is 5. The van der Waals surface area contributed by atoms with Crippen molar-refractivity contribution in [3.05, 3.63) is 40.0 Å². The zero-order valence-electron chi connectivity index (χ0n) is 9.96. The van der Waals surface area contributed by atoms with Gasteiger partial charge >= 0.3 is 0 Å². The number of nitrogens with zero attached hydrogens (tertiary/aromatic N) is 1. The van der Waals surface area contributed by atoms with E-state index >= 15 is 0 Å². The second kappa shape index (κ2) is 6.80. The molecular formula is C12H14N2O3S. The van der Waals surface area contributed by atoms with Crippen LogP contribution in [0.25, 0.3) is 6.08 Å². The van der Waals surface area contributed by atoms with Crippen LogP contribution in [0.5, 0.6) is 0 Å². The molecule has 0 fully saturated rings. The van der Waals surface area contributed by atoms with E-state index in [1.807, 2.05) is 0 Å². The summed E-state index contributed by atoms with van der Waals surface area (Å²) in [5.41, 5.74) is 6.12. The molecule has 1 aromatic carbocycles. The molecule has 0 saturated carbocycles. The molecule has 1 aromatic rings. The summed E-state index contributed by atoms with van der Waals surface area (Å²) in [6.07, 6.45) is 4.14. The predicted molar refractivity (Wildman–Crippen MR) is 74.3 cm³/mol. The Bertz CT molecular complexity index is 486. The van der Waals surface area contributed by atoms with Crippen molar-refractivity contribution in [2.24, 2.45) is 0 Å². The van der Waals surface area contributed by atoms with E-state index < -0.39 is 4.92 Å². The van der Waals surface area contributed by atoms with Crippen LogP contribution in [-0.2, 0) is 4.79 Å². The summed E-state index contributed by atoms with van der Waals surface area (Å²) in [6, 6.07) is 4.82. The standard InChI is InChI=1S/C12H14N2O3S/c1-9(15)18-8-3-2-5-10-6-4-7-11(13)12(10)14(16)17/h2,4-7H,3,8,13H2,1H3. The zero-order chi connectivity index (χ0) is 13.5. The van der Waals surface area contributed by atoms with Gasteiger partial charge in [-0.2, -0.15) is 0 Å². The van der Waals surface area contributed by atoms with Crippen molar-refractivity contribution in [3.8, 4) is 0 Å². The lowest BCUT2D eigenvalue weighted by Crippen LogP contribution is -1.97. The molecule has 5 nitrogen and oxygen atoms in total. The van der Waals surface area contributed by atoms with Crippen LogP contribution in [0.3, 0.4) is 0 Å². The molecule has 18 heavy (non-hydrogen) atoms. The summed E-state index contributed by atoms with van der Waals surface area (Å²) < 4.78 is 0. The Labute approximate surface area is 109 Å². The number of nitrogens with two attached hydrogens (primary N) is 1. The average molecular weight is 266 g/mol. The number of benzene rings is 1. The first-order valence-corrected chi connectivity index (χ1v) is 6.33. The fourth-order valence-corrected chi connectivity index (χ4v) is 1.95. The topological polar surface area (TPSA) is 86.2 Å². The second-order valence-electron chi connectivity index (χ2n) is 3.57. The van der Waals surface area contributed by atoms with Crippen LogP contribution >= 0.6 is 11.8 Å². The molecule has 0 heterocycles. The molecule has 6 heteroatoms. The van der Waals surface area contributed by atoms with Gasteiger partial charge < -0.3 is 5.73 Å². The van der Waals surface area contributed by atoms with Gasteiger partial charge in [0.05, 0.1) is 10.5 Å². The highest BCUT2D eigenvalue weighted by Gasteiger charge is 2.14. The van der Waals surface area contributed by atoms with Crippen molar-refractivity contribution in [1.29, 1.82) is 0 Å². The van der Waals surface area contributed by atoms with Crippen molar-refractivity contribution in [1.82, 2.24) is 0 Å². The van der Waals surface area contributed by atoms with E-state index in [0.29, 0.717) is 17.7 Å². The zero-order valence-corrected chi connectivity index (χ0v) is 10.8. The largest absolute Gasteiger partial charge is 0.393 e. The number of nitro benzene ring substituents is 1. The van der Waals surface area contributed by atoms with Gasteiger partial charge in [-0.05, 0) is 18.6 Å². The third-order valence-electron chi connectivity index (χ3n) is 2.17. The molecule has 96 valence electrons. The Hall–Kier alpha value is -1.82. The van der Waals surface area contributed by atoms with Crippen LogP contribution in [0.1, 0.15) is 18.9 Å². The highest BCUT2D eigenvalue weighted by Crippen LogP contribution is 2.26. The molecule has 0 saturated heterocycles. The van der Waals surface area contributed by atoms with Gasteiger partial charge in [0.2, 0.25) is 0 Å². The van der Waals surface area contributed by atoms with Gasteiger partial charge in [0.15, 0.2) is 5.12 Å². The van der Waals surface area contributed by atoms with Gasteiger partial charge in [0.1, 0.15) is 5.69 Å². The molecule has 0 aromatic heterocycles. The molecular weight excluding hydrogens is 252 g/mol. The molecule has 0 aliphatic rings. The number of thioether (sulfide) groups is 1. The normalized spacial score (nSPS) is 10.7. The Morgan fingerprint density at radius 2 is 2.28 bits per heavy atom. The van der Waals surface area contributed by atoms with E-state index in [1.54, 1.807) is 24.3 Å². The minimum Gasteiger partial charge on any atom is -0.393 e. The summed E-state index contributed by atoms with van der Waals surface area (Å²) in [5.74, 6) is 0.669. The van der Waals surface area contributed by atoms with Crippen LogP contribution in [-0.4, -0.2) is 15.8 Å². The molecule has 0 radical (unpaired) electrons. The average Bonchev–Trinajstić information content (AvgIpc) is 2.27. The van der Waals surface area contributed by atoms with Crippen molar-refractivity contribution in [3.63, 3.8) is 0 Å². The van der Waals surface area contributed by atoms with Gasteiger partial charge in [0.25, 0.3) is 5.69 Å². The van der Waals surface area contributed by atoms with E-state index in [-0.39, 0.29) is 16.5 Å². The summed E-state index contributed by atoms with van der Waals surface area (Å²) in [4.78, 5) is 21.1. The van der Waals surface area contributed by atoms with Crippen LogP contribution in [0, 0.1) is 10.1 Å². The minimum absolute atomic E-state index is 0.0679. The summed E-state index contributed by atoms with van der Waals surface area (Å²) >= 11 is 1.23. The number of carbonyl (C=O) groups is 1. The fraction of sp³-hybridized carbons (Fsp3) is 0.250. The third-order valence-corrected chi connectivity index (χ3v) is 3.01. The lowest BCUT2D eigenvalue weighted by molar-refractivity contribution is -0.384. The second-order valence-corrected chi connectivity index (χ2v) is 4.85. The predicted octanol–water partition coefficient (Wildman–Crippen LogP) is 2.86. The first-order valence-electron chi connectivity index (χ1n) is 5.35. The van der Waals surface area contributed by atoms with Gasteiger partial charge in [-0.15, -0.1) is 0 Å². The smallest absolute Gasteiger partial charge is 0.299 e. The quantitative estimate of drug-likeness (QED) is 0.383. The Morgan fingerprint density at radius 3 is 2.89 bits per heavy atom.